The van der Waals surface area contributed by atoms with Crippen LogP contribution in [0.3, 0.4) is 0 Å². The highest BCUT2D eigenvalue weighted by atomic mass is 35.5. The second-order valence-electron chi connectivity index (χ2n) is 5.62. The van der Waals surface area contributed by atoms with Crippen molar-refractivity contribution in [1.29, 1.82) is 0 Å². The van der Waals surface area contributed by atoms with E-state index in [0.717, 1.165) is 17.7 Å². The molecule has 0 aliphatic heterocycles. The number of furan rings is 1. The number of halogens is 1. The van der Waals surface area contributed by atoms with Crippen LogP contribution in [0.4, 0.5) is 0 Å². The first-order chi connectivity index (χ1) is 12.7. The Balaban J connectivity index is 1.84. The highest BCUT2D eigenvalue weighted by Crippen LogP contribution is 2.26. The normalized spacial score (nSPS) is 10.8. The molecule has 0 fully saturated rings. The van der Waals surface area contributed by atoms with E-state index in [1.165, 1.54) is 11.8 Å². The fourth-order valence-corrected chi connectivity index (χ4v) is 3.25. The van der Waals surface area contributed by atoms with E-state index in [1.54, 1.807) is 6.26 Å². The van der Waals surface area contributed by atoms with E-state index in [9.17, 15) is 4.79 Å². The minimum absolute atomic E-state index is 0.0163. The Bertz CT molecular complexity index is 847. The Hall–Kier alpha value is -2.25. The molecule has 2 aromatic heterocycles. The monoisotopic (exact) mass is 390 g/mol. The summed E-state index contributed by atoms with van der Waals surface area (Å²) < 4.78 is 7.41. The van der Waals surface area contributed by atoms with Crippen molar-refractivity contribution < 1.29 is 9.21 Å². The van der Waals surface area contributed by atoms with Gasteiger partial charge < -0.3 is 9.73 Å². The number of amides is 1. The average molecular weight is 391 g/mol. The fourth-order valence-electron chi connectivity index (χ4n) is 2.35. The number of aromatic nitrogens is 3. The molecule has 1 amide bonds. The second-order valence-corrected chi connectivity index (χ2v) is 7.00. The summed E-state index contributed by atoms with van der Waals surface area (Å²) in [7, 11) is 0. The maximum Gasteiger partial charge on any atom is 0.230 e. The molecule has 0 unspecified atom stereocenters. The van der Waals surface area contributed by atoms with Crippen molar-refractivity contribution in [2.24, 2.45) is 0 Å². The number of carbonyl (C=O) groups is 1. The smallest absolute Gasteiger partial charge is 0.230 e. The molecule has 0 radical (unpaired) electrons. The zero-order valence-electron chi connectivity index (χ0n) is 14.3. The van der Waals surface area contributed by atoms with Crippen LogP contribution in [0.2, 0.25) is 5.02 Å². The molecule has 0 atom stereocenters. The van der Waals surface area contributed by atoms with Crippen molar-refractivity contribution in [3.63, 3.8) is 0 Å². The van der Waals surface area contributed by atoms with E-state index in [2.05, 4.69) is 15.5 Å². The van der Waals surface area contributed by atoms with Crippen molar-refractivity contribution in [2.75, 3.05) is 12.3 Å². The van der Waals surface area contributed by atoms with E-state index < -0.39 is 0 Å². The van der Waals surface area contributed by atoms with Crippen LogP contribution < -0.4 is 5.32 Å². The van der Waals surface area contributed by atoms with Gasteiger partial charge in [0.05, 0.1) is 18.6 Å². The maximum absolute atomic E-state index is 11.9. The molecule has 136 valence electrons. The van der Waals surface area contributed by atoms with Gasteiger partial charge in [0.1, 0.15) is 5.76 Å². The largest absolute Gasteiger partial charge is 0.467 e. The molecule has 1 N–H and O–H groups in total. The van der Waals surface area contributed by atoms with E-state index in [1.807, 2.05) is 47.9 Å². The zero-order chi connectivity index (χ0) is 18.4. The van der Waals surface area contributed by atoms with Crippen LogP contribution in [-0.4, -0.2) is 33.0 Å². The summed E-state index contributed by atoms with van der Waals surface area (Å²) >= 11 is 7.33. The molecule has 2 heterocycles. The summed E-state index contributed by atoms with van der Waals surface area (Å²) in [5, 5.41) is 12.8. The average Bonchev–Trinajstić information content (AvgIpc) is 3.29. The van der Waals surface area contributed by atoms with Crippen LogP contribution in [0.25, 0.3) is 11.4 Å². The van der Waals surface area contributed by atoms with Gasteiger partial charge >= 0.3 is 0 Å². The quantitative estimate of drug-likeness (QED) is 0.591. The zero-order valence-corrected chi connectivity index (χ0v) is 15.9. The molecule has 8 heteroatoms. The van der Waals surface area contributed by atoms with Crippen molar-refractivity contribution >= 4 is 29.3 Å². The Labute approximate surface area is 160 Å². The standard InChI is InChI=1S/C18H19ClN4O2S/c1-2-9-20-16(24)12-26-18-22-21-17(13-5-7-14(19)8-6-13)23(18)11-15-4-3-10-25-15/h3-8,10H,2,9,11-12H2,1H3,(H,20,24). The molecule has 3 rings (SSSR count). The molecule has 0 saturated heterocycles. The van der Waals surface area contributed by atoms with Gasteiger partial charge in [-0.2, -0.15) is 0 Å². The lowest BCUT2D eigenvalue weighted by Crippen LogP contribution is -2.25. The minimum Gasteiger partial charge on any atom is -0.467 e. The van der Waals surface area contributed by atoms with Crippen molar-refractivity contribution in [3.05, 3.63) is 53.4 Å². The SMILES string of the molecule is CCCNC(=O)CSc1nnc(-c2ccc(Cl)cc2)n1Cc1ccco1. The highest BCUT2D eigenvalue weighted by molar-refractivity contribution is 7.99. The molecule has 26 heavy (non-hydrogen) atoms. The van der Waals surface area contributed by atoms with Gasteiger partial charge in [0.15, 0.2) is 11.0 Å². The molecule has 0 bridgehead atoms. The Morgan fingerprint density at radius 3 is 2.77 bits per heavy atom. The Morgan fingerprint density at radius 2 is 2.08 bits per heavy atom. The van der Waals surface area contributed by atoms with Crippen LogP contribution >= 0.6 is 23.4 Å². The summed E-state index contributed by atoms with van der Waals surface area (Å²) in [6, 6.07) is 11.2. The van der Waals surface area contributed by atoms with Crippen molar-refractivity contribution in [2.45, 2.75) is 25.0 Å². The van der Waals surface area contributed by atoms with E-state index in [4.69, 9.17) is 16.0 Å². The molecule has 0 aliphatic rings. The lowest BCUT2D eigenvalue weighted by Gasteiger charge is -2.09. The van der Waals surface area contributed by atoms with E-state index in [0.29, 0.717) is 29.1 Å². The minimum atomic E-state index is -0.0163. The van der Waals surface area contributed by atoms with Gasteiger partial charge in [-0.15, -0.1) is 10.2 Å². The first-order valence-corrected chi connectivity index (χ1v) is 9.64. The van der Waals surface area contributed by atoms with Gasteiger partial charge in [-0.1, -0.05) is 30.3 Å². The second kappa shape index (κ2) is 8.91. The van der Waals surface area contributed by atoms with Gasteiger partial charge in [0.25, 0.3) is 0 Å². The third kappa shape index (κ3) is 4.68. The van der Waals surface area contributed by atoms with E-state index in [-0.39, 0.29) is 11.7 Å². The molecular formula is C18H19ClN4O2S. The number of nitrogens with one attached hydrogen (secondary N) is 1. The van der Waals surface area contributed by atoms with Gasteiger partial charge in [0, 0.05) is 17.1 Å². The highest BCUT2D eigenvalue weighted by Gasteiger charge is 2.17. The third-order valence-electron chi connectivity index (χ3n) is 3.62. The summed E-state index contributed by atoms with van der Waals surface area (Å²) in [5.41, 5.74) is 0.899. The number of benzene rings is 1. The van der Waals surface area contributed by atoms with Crippen LogP contribution in [0.5, 0.6) is 0 Å². The number of hydrogen-bond acceptors (Lipinski definition) is 5. The predicted molar refractivity (Wildman–Crippen MR) is 102 cm³/mol. The van der Waals surface area contributed by atoms with Gasteiger partial charge in [-0.3, -0.25) is 9.36 Å². The van der Waals surface area contributed by atoms with Gasteiger partial charge in [0.2, 0.25) is 5.91 Å². The summed E-state index contributed by atoms with van der Waals surface area (Å²) in [6.45, 7) is 3.18. The van der Waals surface area contributed by atoms with Crippen LogP contribution in [0.1, 0.15) is 19.1 Å². The van der Waals surface area contributed by atoms with Crippen LogP contribution in [0, 0.1) is 0 Å². The molecule has 0 aliphatic carbocycles. The topological polar surface area (TPSA) is 73.0 Å². The van der Waals surface area contributed by atoms with E-state index >= 15 is 0 Å². The molecule has 0 saturated carbocycles. The van der Waals surface area contributed by atoms with Gasteiger partial charge in [-0.05, 0) is 42.8 Å². The summed E-state index contributed by atoms with van der Waals surface area (Å²) in [5.74, 6) is 1.76. The number of rotatable bonds is 8. The number of carbonyl (C=O) groups excluding carboxylic acids is 1. The molecular weight excluding hydrogens is 372 g/mol. The lowest BCUT2D eigenvalue weighted by molar-refractivity contribution is -0.118. The van der Waals surface area contributed by atoms with Crippen molar-refractivity contribution in [3.8, 4) is 11.4 Å². The molecule has 1 aromatic carbocycles. The third-order valence-corrected chi connectivity index (χ3v) is 4.84. The fraction of sp³-hybridized carbons (Fsp3) is 0.278. The predicted octanol–water partition coefficient (Wildman–Crippen LogP) is 3.86. The first kappa shape index (κ1) is 18.5. The summed E-state index contributed by atoms with van der Waals surface area (Å²) in [4.78, 5) is 11.9. The first-order valence-electron chi connectivity index (χ1n) is 8.28. The maximum atomic E-state index is 11.9. The Morgan fingerprint density at radius 1 is 1.27 bits per heavy atom. The number of hydrogen-bond donors (Lipinski definition) is 1. The van der Waals surface area contributed by atoms with Crippen LogP contribution in [-0.2, 0) is 11.3 Å². The van der Waals surface area contributed by atoms with Gasteiger partial charge in [-0.25, -0.2) is 0 Å². The molecule has 0 spiro atoms. The summed E-state index contributed by atoms with van der Waals surface area (Å²) in [6.07, 6.45) is 2.54. The number of nitrogens with zero attached hydrogens (tertiary/aromatic N) is 3. The molecule has 6 nitrogen and oxygen atoms in total. The number of thioether (sulfide) groups is 1. The Kier molecular flexibility index (Phi) is 6.35. The van der Waals surface area contributed by atoms with Crippen molar-refractivity contribution in [1.82, 2.24) is 20.1 Å². The molecule has 3 aromatic rings. The van der Waals surface area contributed by atoms with Crippen LogP contribution in [0.15, 0.2) is 52.2 Å². The lowest BCUT2D eigenvalue weighted by atomic mass is 10.2.